The summed E-state index contributed by atoms with van der Waals surface area (Å²) in [5, 5.41) is 3.55. The molecule has 2 aromatic rings. The number of hydrogen-bond donors (Lipinski definition) is 1. The number of carbonyl (C=O) groups is 2. The van der Waals surface area contributed by atoms with Gasteiger partial charge < -0.3 is 19.7 Å². The molecule has 0 spiro atoms. The lowest BCUT2D eigenvalue weighted by atomic mass is 9.96. The fourth-order valence-electron chi connectivity index (χ4n) is 3.64. The molecule has 6 nitrogen and oxygen atoms in total. The Balaban J connectivity index is 1.40. The van der Waals surface area contributed by atoms with Crippen molar-refractivity contribution in [3.05, 3.63) is 53.1 Å². The van der Waals surface area contributed by atoms with Gasteiger partial charge in [0.05, 0.1) is 19.1 Å². The number of benzene rings is 2. The number of ether oxygens (including phenoxy) is 2. The number of amides is 2. The molecule has 2 aliphatic heterocycles. The minimum absolute atomic E-state index is 0.0743. The Labute approximate surface area is 174 Å². The summed E-state index contributed by atoms with van der Waals surface area (Å²) < 4.78 is 11.3. The minimum atomic E-state index is -0.254. The lowest BCUT2D eigenvalue weighted by molar-refractivity contribution is -0.121. The van der Waals surface area contributed by atoms with Gasteiger partial charge in [-0.3, -0.25) is 9.59 Å². The molecule has 2 heterocycles. The highest BCUT2D eigenvalue weighted by atomic mass is 35.5. The van der Waals surface area contributed by atoms with Gasteiger partial charge in [0.1, 0.15) is 0 Å². The van der Waals surface area contributed by atoms with Crippen molar-refractivity contribution in [1.82, 2.24) is 4.90 Å². The van der Waals surface area contributed by atoms with Crippen LogP contribution < -0.4 is 14.8 Å². The molecule has 29 heavy (non-hydrogen) atoms. The molecule has 0 unspecified atom stereocenters. The van der Waals surface area contributed by atoms with Crippen LogP contribution in [0.5, 0.6) is 11.5 Å². The molecule has 0 radical (unpaired) electrons. The van der Waals surface area contributed by atoms with Gasteiger partial charge in [0, 0.05) is 41.9 Å². The number of anilines is 1. The van der Waals surface area contributed by atoms with Gasteiger partial charge in [-0.1, -0.05) is 11.6 Å². The molecule has 2 aromatic carbocycles. The largest absolute Gasteiger partial charge is 0.490 e. The number of fused-ring (bicyclic) bond motifs is 1. The van der Waals surface area contributed by atoms with Crippen LogP contribution in [0.2, 0.25) is 5.02 Å². The molecule has 0 bridgehead atoms. The molecule has 4 rings (SSSR count). The van der Waals surface area contributed by atoms with E-state index in [1.165, 1.54) is 0 Å². The summed E-state index contributed by atoms with van der Waals surface area (Å²) in [6.07, 6.45) is 2.37. The highest BCUT2D eigenvalue weighted by molar-refractivity contribution is 6.30. The van der Waals surface area contributed by atoms with Gasteiger partial charge in [-0.2, -0.15) is 0 Å². The second-order valence-electron chi connectivity index (χ2n) is 7.30. The van der Waals surface area contributed by atoms with Crippen LogP contribution in [0, 0.1) is 5.92 Å². The van der Waals surface area contributed by atoms with Crippen LogP contribution >= 0.6 is 11.6 Å². The average Bonchev–Trinajstić information content (AvgIpc) is 2.99. The molecule has 2 aliphatic rings. The van der Waals surface area contributed by atoms with E-state index in [1.54, 1.807) is 35.2 Å². The number of carbonyl (C=O) groups excluding carboxylic acids is 2. The maximum Gasteiger partial charge on any atom is 0.253 e. The first-order chi connectivity index (χ1) is 14.1. The molecule has 7 heteroatoms. The van der Waals surface area contributed by atoms with Gasteiger partial charge in [-0.05, 0) is 49.2 Å². The molecule has 2 amide bonds. The molecular formula is C22H23ClN2O4. The van der Waals surface area contributed by atoms with Crippen LogP contribution in [0.3, 0.4) is 0 Å². The summed E-state index contributed by atoms with van der Waals surface area (Å²) in [6, 6.07) is 12.2. The van der Waals surface area contributed by atoms with E-state index in [4.69, 9.17) is 21.1 Å². The van der Waals surface area contributed by atoms with Gasteiger partial charge >= 0.3 is 0 Å². The lowest BCUT2D eigenvalue weighted by Gasteiger charge is -2.32. The third kappa shape index (κ3) is 4.65. The van der Waals surface area contributed by atoms with E-state index in [9.17, 15) is 9.59 Å². The first-order valence-corrected chi connectivity index (χ1v) is 10.2. The molecule has 0 aromatic heterocycles. The third-order valence-electron chi connectivity index (χ3n) is 5.19. The van der Waals surface area contributed by atoms with Gasteiger partial charge in [0.15, 0.2) is 11.5 Å². The molecule has 1 atom stereocenters. The van der Waals surface area contributed by atoms with E-state index >= 15 is 0 Å². The van der Waals surface area contributed by atoms with Crippen LogP contribution in [0.15, 0.2) is 42.5 Å². The first kappa shape index (κ1) is 19.6. The summed E-state index contributed by atoms with van der Waals surface area (Å²) >= 11 is 5.90. The van der Waals surface area contributed by atoms with E-state index in [-0.39, 0.29) is 17.7 Å². The maximum atomic E-state index is 12.8. The number of piperidine rings is 1. The first-order valence-electron chi connectivity index (χ1n) is 9.85. The molecule has 1 fully saturated rings. The highest BCUT2D eigenvalue weighted by Crippen LogP contribution is 2.32. The Kier molecular flexibility index (Phi) is 5.90. The maximum absolute atomic E-state index is 12.8. The summed E-state index contributed by atoms with van der Waals surface area (Å²) in [7, 11) is 0. The second kappa shape index (κ2) is 8.74. The Morgan fingerprint density at radius 2 is 1.76 bits per heavy atom. The van der Waals surface area contributed by atoms with Crippen molar-refractivity contribution in [2.24, 2.45) is 5.92 Å². The predicted molar refractivity (Wildman–Crippen MR) is 111 cm³/mol. The topological polar surface area (TPSA) is 67.9 Å². The monoisotopic (exact) mass is 414 g/mol. The number of nitrogens with zero attached hydrogens (tertiary/aromatic N) is 1. The second-order valence-corrected chi connectivity index (χ2v) is 7.73. The molecule has 0 saturated carbocycles. The molecule has 0 aliphatic carbocycles. The number of rotatable bonds is 3. The third-order valence-corrected chi connectivity index (χ3v) is 5.44. The molecular weight excluding hydrogens is 392 g/mol. The highest BCUT2D eigenvalue weighted by Gasteiger charge is 2.29. The number of likely N-dealkylation sites (tertiary alicyclic amines) is 1. The summed E-state index contributed by atoms with van der Waals surface area (Å²) in [5.41, 5.74) is 1.25. The SMILES string of the molecule is O=C(Nc1ccc2c(c1)OCCCO2)[C@H]1CCCN(C(=O)c2ccc(Cl)cc2)C1. The Bertz CT molecular complexity index is 900. The lowest BCUT2D eigenvalue weighted by Crippen LogP contribution is -2.43. The van der Waals surface area contributed by atoms with Crippen molar-refractivity contribution in [3.63, 3.8) is 0 Å². The van der Waals surface area contributed by atoms with Crippen LogP contribution in [0.1, 0.15) is 29.6 Å². The fraction of sp³-hybridized carbons (Fsp3) is 0.364. The normalized spacial score (nSPS) is 18.7. The van der Waals surface area contributed by atoms with Crippen molar-refractivity contribution >= 4 is 29.1 Å². The van der Waals surface area contributed by atoms with Crippen molar-refractivity contribution in [1.29, 1.82) is 0 Å². The predicted octanol–water partition coefficient (Wildman–Crippen LogP) is 3.99. The molecule has 1 N–H and O–H groups in total. The fourth-order valence-corrected chi connectivity index (χ4v) is 3.76. The zero-order chi connectivity index (χ0) is 20.2. The number of halogens is 1. The minimum Gasteiger partial charge on any atom is -0.490 e. The van der Waals surface area contributed by atoms with Gasteiger partial charge in [-0.15, -0.1) is 0 Å². The Hall–Kier alpha value is -2.73. The van der Waals surface area contributed by atoms with E-state index < -0.39 is 0 Å². The molecule has 152 valence electrons. The summed E-state index contributed by atoms with van der Waals surface area (Å²) in [5.74, 6) is 0.917. The smallest absolute Gasteiger partial charge is 0.253 e. The average molecular weight is 415 g/mol. The van der Waals surface area contributed by atoms with Gasteiger partial charge in [0.25, 0.3) is 5.91 Å². The van der Waals surface area contributed by atoms with E-state index in [1.807, 2.05) is 12.1 Å². The quantitative estimate of drug-likeness (QED) is 0.824. The zero-order valence-corrected chi connectivity index (χ0v) is 16.8. The van der Waals surface area contributed by atoms with E-state index in [2.05, 4.69) is 5.32 Å². The Morgan fingerprint density at radius 3 is 2.55 bits per heavy atom. The van der Waals surface area contributed by atoms with Crippen molar-refractivity contribution in [2.75, 3.05) is 31.6 Å². The van der Waals surface area contributed by atoms with Gasteiger partial charge in [0.2, 0.25) is 5.91 Å². The molecule has 1 saturated heterocycles. The standard InChI is InChI=1S/C22H23ClN2O4/c23-17-6-4-15(5-7-17)22(27)25-10-1-3-16(14-25)21(26)24-18-8-9-19-20(13-18)29-12-2-11-28-19/h4-9,13,16H,1-3,10-12,14H2,(H,24,26)/t16-/m0/s1. The van der Waals surface area contributed by atoms with Crippen molar-refractivity contribution in [3.8, 4) is 11.5 Å². The van der Waals surface area contributed by atoms with Crippen molar-refractivity contribution in [2.45, 2.75) is 19.3 Å². The van der Waals surface area contributed by atoms with Crippen LogP contribution in [0.4, 0.5) is 5.69 Å². The van der Waals surface area contributed by atoms with Crippen LogP contribution in [0.25, 0.3) is 0 Å². The van der Waals surface area contributed by atoms with Gasteiger partial charge in [-0.25, -0.2) is 0 Å². The van der Waals surface area contributed by atoms with Crippen molar-refractivity contribution < 1.29 is 19.1 Å². The van der Waals surface area contributed by atoms with Crippen LogP contribution in [-0.4, -0.2) is 43.0 Å². The summed E-state index contributed by atoms with van der Waals surface area (Å²) in [6.45, 7) is 2.26. The Morgan fingerprint density at radius 1 is 1.00 bits per heavy atom. The van der Waals surface area contributed by atoms with E-state index in [0.29, 0.717) is 54.1 Å². The number of hydrogen-bond acceptors (Lipinski definition) is 4. The zero-order valence-electron chi connectivity index (χ0n) is 16.0. The summed E-state index contributed by atoms with van der Waals surface area (Å²) in [4.78, 5) is 27.3. The number of nitrogens with one attached hydrogen (secondary N) is 1. The van der Waals surface area contributed by atoms with E-state index in [0.717, 1.165) is 19.3 Å². The van der Waals surface area contributed by atoms with Crippen LogP contribution in [-0.2, 0) is 4.79 Å².